The number of para-hydroxylation sites is 1. The number of carbonyl (C=O) groups excluding carboxylic acids is 1. The van der Waals surface area contributed by atoms with E-state index in [1.54, 1.807) is 0 Å². The molecule has 2 amide bonds. The molecule has 1 saturated heterocycles. The number of amides is 2. The maximum atomic E-state index is 11.9. The lowest BCUT2D eigenvalue weighted by molar-refractivity contribution is 0.239. The third kappa shape index (κ3) is 4.49. The van der Waals surface area contributed by atoms with E-state index in [4.69, 9.17) is 0 Å². The average molecular weight is 309 g/mol. The van der Waals surface area contributed by atoms with Crippen LogP contribution in [0.5, 0.6) is 0 Å². The maximum absolute atomic E-state index is 11.9. The van der Waals surface area contributed by atoms with E-state index in [2.05, 4.69) is 39.8 Å². The molecular formula is C19H23N3O. The van der Waals surface area contributed by atoms with Gasteiger partial charge >= 0.3 is 6.03 Å². The fourth-order valence-corrected chi connectivity index (χ4v) is 2.95. The molecule has 0 aliphatic carbocycles. The molecule has 1 aliphatic heterocycles. The molecule has 0 bridgehead atoms. The second kappa shape index (κ2) is 7.68. The van der Waals surface area contributed by atoms with Gasteiger partial charge in [0.1, 0.15) is 0 Å². The molecule has 4 nitrogen and oxygen atoms in total. The molecule has 23 heavy (non-hydrogen) atoms. The van der Waals surface area contributed by atoms with Gasteiger partial charge in [0, 0.05) is 31.9 Å². The van der Waals surface area contributed by atoms with Gasteiger partial charge in [-0.1, -0.05) is 48.5 Å². The monoisotopic (exact) mass is 309 g/mol. The SMILES string of the molecule is O=C(NCc1ccccc1)NCC1CCN(c2ccccc2)C1. The lowest BCUT2D eigenvalue weighted by Crippen LogP contribution is -2.38. The summed E-state index contributed by atoms with van der Waals surface area (Å²) in [4.78, 5) is 14.3. The van der Waals surface area contributed by atoms with Crippen molar-refractivity contribution >= 4 is 11.7 Å². The van der Waals surface area contributed by atoms with Gasteiger partial charge in [-0.3, -0.25) is 0 Å². The van der Waals surface area contributed by atoms with Crippen LogP contribution in [0.25, 0.3) is 0 Å². The number of benzene rings is 2. The molecular weight excluding hydrogens is 286 g/mol. The Morgan fingerprint density at radius 2 is 1.70 bits per heavy atom. The standard InChI is InChI=1S/C19H23N3O/c23-19(20-13-16-7-3-1-4-8-16)21-14-17-11-12-22(15-17)18-9-5-2-6-10-18/h1-10,17H,11-15H2,(H2,20,21,23). The Morgan fingerprint density at radius 1 is 1.00 bits per heavy atom. The van der Waals surface area contributed by atoms with Crippen molar-refractivity contribution < 1.29 is 4.79 Å². The summed E-state index contributed by atoms with van der Waals surface area (Å²) in [5.41, 5.74) is 2.38. The predicted octanol–water partition coefficient (Wildman–Crippen LogP) is 3.01. The second-order valence-electron chi connectivity index (χ2n) is 5.99. The lowest BCUT2D eigenvalue weighted by atomic mass is 10.1. The van der Waals surface area contributed by atoms with Gasteiger partial charge in [0.2, 0.25) is 0 Å². The number of hydrogen-bond acceptors (Lipinski definition) is 2. The van der Waals surface area contributed by atoms with Crippen molar-refractivity contribution in [3.05, 3.63) is 66.2 Å². The zero-order valence-electron chi connectivity index (χ0n) is 13.2. The molecule has 1 atom stereocenters. The number of anilines is 1. The van der Waals surface area contributed by atoms with E-state index in [0.29, 0.717) is 12.5 Å². The Hall–Kier alpha value is -2.49. The van der Waals surface area contributed by atoms with E-state index in [9.17, 15) is 4.79 Å². The Labute approximate surface area is 137 Å². The normalized spacial score (nSPS) is 17.0. The van der Waals surface area contributed by atoms with Gasteiger partial charge in [0.15, 0.2) is 0 Å². The summed E-state index contributed by atoms with van der Waals surface area (Å²) >= 11 is 0. The van der Waals surface area contributed by atoms with E-state index in [1.165, 1.54) is 5.69 Å². The molecule has 0 saturated carbocycles. The van der Waals surface area contributed by atoms with Gasteiger partial charge in [0.05, 0.1) is 0 Å². The molecule has 1 heterocycles. The van der Waals surface area contributed by atoms with Crippen LogP contribution in [0.4, 0.5) is 10.5 Å². The second-order valence-corrected chi connectivity index (χ2v) is 5.99. The highest BCUT2D eigenvalue weighted by Gasteiger charge is 2.22. The van der Waals surface area contributed by atoms with Crippen LogP contribution >= 0.6 is 0 Å². The third-order valence-corrected chi connectivity index (χ3v) is 4.25. The Bertz CT molecular complexity index is 615. The van der Waals surface area contributed by atoms with Crippen molar-refractivity contribution in [2.45, 2.75) is 13.0 Å². The quantitative estimate of drug-likeness (QED) is 0.892. The van der Waals surface area contributed by atoms with Gasteiger partial charge in [-0.25, -0.2) is 4.79 Å². The van der Waals surface area contributed by atoms with Crippen LogP contribution in [-0.4, -0.2) is 25.7 Å². The van der Waals surface area contributed by atoms with Gasteiger partial charge in [-0.15, -0.1) is 0 Å². The molecule has 0 spiro atoms. The first kappa shape index (κ1) is 15.4. The van der Waals surface area contributed by atoms with Crippen LogP contribution in [-0.2, 0) is 6.54 Å². The number of nitrogens with one attached hydrogen (secondary N) is 2. The maximum Gasteiger partial charge on any atom is 0.315 e. The zero-order valence-corrected chi connectivity index (χ0v) is 13.2. The van der Waals surface area contributed by atoms with E-state index >= 15 is 0 Å². The van der Waals surface area contributed by atoms with Gasteiger partial charge in [-0.05, 0) is 30.0 Å². The predicted molar refractivity (Wildman–Crippen MR) is 93.4 cm³/mol. The van der Waals surface area contributed by atoms with E-state index in [-0.39, 0.29) is 6.03 Å². The van der Waals surface area contributed by atoms with Crippen molar-refractivity contribution in [2.75, 3.05) is 24.5 Å². The van der Waals surface area contributed by atoms with Gasteiger partial charge in [0.25, 0.3) is 0 Å². The minimum absolute atomic E-state index is 0.0907. The zero-order chi connectivity index (χ0) is 15.9. The van der Waals surface area contributed by atoms with Crippen molar-refractivity contribution in [1.82, 2.24) is 10.6 Å². The molecule has 2 N–H and O–H groups in total. The molecule has 1 fully saturated rings. The van der Waals surface area contributed by atoms with Crippen molar-refractivity contribution in [3.63, 3.8) is 0 Å². The molecule has 1 unspecified atom stereocenters. The summed E-state index contributed by atoms with van der Waals surface area (Å²) in [7, 11) is 0. The topological polar surface area (TPSA) is 44.4 Å². The van der Waals surface area contributed by atoms with Crippen LogP contribution in [0.2, 0.25) is 0 Å². The number of urea groups is 1. The number of carbonyl (C=O) groups is 1. The largest absolute Gasteiger partial charge is 0.371 e. The number of rotatable bonds is 5. The summed E-state index contributed by atoms with van der Waals surface area (Å²) in [6.45, 7) is 3.35. The molecule has 2 aromatic rings. The molecule has 120 valence electrons. The fraction of sp³-hybridized carbons (Fsp3) is 0.316. The summed E-state index contributed by atoms with van der Waals surface area (Å²) < 4.78 is 0. The van der Waals surface area contributed by atoms with E-state index < -0.39 is 0 Å². The first-order chi connectivity index (χ1) is 11.3. The van der Waals surface area contributed by atoms with Crippen LogP contribution < -0.4 is 15.5 Å². The highest BCUT2D eigenvalue weighted by atomic mass is 16.2. The summed E-state index contributed by atoms with van der Waals surface area (Å²) in [5.74, 6) is 0.512. The lowest BCUT2D eigenvalue weighted by Gasteiger charge is -2.18. The Kier molecular flexibility index (Phi) is 5.14. The minimum atomic E-state index is -0.0907. The van der Waals surface area contributed by atoms with Crippen molar-refractivity contribution in [1.29, 1.82) is 0 Å². The molecule has 0 aromatic heterocycles. The Morgan fingerprint density at radius 3 is 2.43 bits per heavy atom. The van der Waals surface area contributed by atoms with E-state index in [1.807, 2.05) is 36.4 Å². The molecule has 3 rings (SSSR count). The van der Waals surface area contributed by atoms with Crippen LogP contribution in [0.15, 0.2) is 60.7 Å². The van der Waals surface area contributed by atoms with Gasteiger partial charge < -0.3 is 15.5 Å². The van der Waals surface area contributed by atoms with Crippen molar-refractivity contribution in [3.8, 4) is 0 Å². The first-order valence-corrected chi connectivity index (χ1v) is 8.17. The number of nitrogens with zero attached hydrogens (tertiary/aromatic N) is 1. The highest BCUT2D eigenvalue weighted by molar-refractivity contribution is 5.73. The molecule has 0 radical (unpaired) electrons. The molecule has 4 heteroatoms. The number of hydrogen-bond donors (Lipinski definition) is 2. The summed E-state index contributed by atoms with van der Waals surface area (Å²) in [6.07, 6.45) is 1.12. The first-order valence-electron chi connectivity index (χ1n) is 8.17. The van der Waals surface area contributed by atoms with Gasteiger partial charge in [-0.2, -0.15) is 0 Å². The fourth-order valence-electron chi connectivity index (χ4n) is 2.95. The van der Waals surface area contributed by atoms with E-state index in [0.717, 1.165) is 31.6 Å². The molecule has 1 aliphatic rings. The highest BCUT2D eigenvalue weighted by Crippen LogP contribution is 2.22. The van der Waals surface area contributed by atoms with Crippen LogP contribution in [0.3, 0.4) is 0 Å². The Balaban J connectivity index is 1.38. The van der Waals surface area contributed by atoms with Crippen molar-refractivity contribution in [2.24, 2.45) is 5.92 Å². The summed E-state index contributed by atoms with van der Waals surface area (Å²) in [5, 5.41) is 5.89. The summed E-state index contributed by atoms with van der Waals surface area (Å²) in [6, 6.07) is 20.3. The third-order valence-electron chi connectivity index (χ3n) is 4.25. The molecule has 2 aromatic carbocycles. The van der Waals surface area contributed by atoms with Crippen LogP contribution in [0.1, 0.15) is 12.0 Å². The minimum Gasteiger partial charge on any atom is -0.371 e. The van der Waals surface area contributed by atoms with Crippen LogP contribution in [0, 0.1) is 5.92 Å². The average Bonchev–Trinajstić information content (AvgIpc) is 3.09. The smallest absolute Gasteiger partial charge is 0.315 e.